The van der Waals surface area contributed by atoms with Crippen LogP contribution in [0.5, 0.6) is 0 Å². The van der Waals surface area contributed by atoms with Gasteiger partial charge in [-0.1, -0.05) is 172 Å². The van der Waals surface area contributed by atoms with Crippen molar-refractivity contribution in [3.63, 3.8) is 0 Å². The molecule has 9 nitrogen and oxygen atoms in total. The average molecular weight is 813 g/mol. The number of quaternary nitrogens is 1. The normalized spacial score (nSPS) is 13.9. The van der Waals surface area contributed by atoms with Crippen molar-refractivity contribution in [1.82, 2.24) is 0 Å². The molecule has 0 aliphatic rings. The maximum absolute atomic E-state index is 12.7. The maximum atomic E-state index is 12.7. The molecule has 0 spiro atoms. The van der Waals surface area contributed by atoms with Gasteiger partial charge in [0, 0.05) is 12.8 Å². The van der Waals surface area contributed by atoms with Crippen LogP contribution in [0.2, 0.25) is 0 Å². The number of rotatable bonds is 41. The van der Waals surface area contributed by atoms with E-state index >= 15 is 0 Å². The van der Waals surface area contributed by atoms with E-state index in [2.05, 4.69) is 50.3 Å². The highest BCUT2D eigenvalue weighted by atomic mass is 31.2. The molecule has 0 rings (SSSR count). The number of hydrogen-bond acceptors (Lipinski definition) is 7. The van der Waals surface area contributed by atoms with Crippen molar-refractivity contribution in [3.8, 4) is 0 Å². The molecule has 1 N–H and O–H groups in total. The number of likely N-dealkylation sites (N-methyl/N-ethyl adjacent to an activating group) is 1. The molecule has 0 aromatic carbocycles. The zero-order valence-corrected chi connectivity index (χ0v) is 37.8. The molecule has 10 heteroatoms. The topological polar surface area (TPSA) is 108 Å². The standard InChI is InChI=1S/C46H86NO8P/c1-6-8-10-12-14-16-18-20-22-23-25-27-29-31-33-35-37-39-46(49)55-44(43-54-56(50,51)53-41-40-47(3,4)5)42-52-45(48)38-36-34-32-30-28-26-24-21-19-17-15-13-11-9-7-2/h20,22,25,27,31,33,44H,6-19,21,23-24,26,28-30,32,34-43H2,1-5H3/p+1/b22-20-,27-25-,33-31-. The van der Waals surface area contributed by atoms with Gasteiger partial charge in [-0.15, -0.1) is 0 Å². The Morgan fingerprint density at radius 3 is 1.48 bits per heavy atom. The van der Waals surface area contributed by atoms with Gasteiger partial charge >= 0.3 is 19.8 Å². The minimum Gasteiger partial charge on any atom is -0.462 e. The van der Waals surface area contributed by atoms with Crippen LogP contribution >= 0.6 is 7.82 Å². The Balaban J connectivity index is 4.42. The van der Waals surface area contributed by atoms with E-state index in [1.807, 2.05) is 21.1 Å². The van der Waals surface area contributed by atoms with Crippen LogP contribution in [0.3, 0.4) is 0 Å². The predicted octanol–water partition coefficient (Wildman–Crippen LogP) is 12.9. The first-order valence-corrected chi connectivity index (χ1v) is 24.2. The fourth-order valence-electron chi connectivity index (χ4n) is 6.09. The van der Waals surface area contributed by atoms with Crippen molar-refractivity contribution in [2.24, 2.45) is 0 Å². The van der Waals surface area contributed by atoms with Crippen LogP contribution in [-0.2, 0) is 32.7 Å². The minimum atomic E-state index is -4.39. The average Bonchev–Trinajstić information content (AvgIpc) is 3.15. The number of unbranched alkanes of at least 4 members (excludes halogenated alkanes) is 21. The SMILES string of the molecule is CCCCCCCC/C=C\C/C=C\C/C=C\CCCC(=O)OC(COC(=O)CCCCCCCCCCCCCCCCC)COP(=O)(O)OCC[N+](C)(C)C. The number of phosphoric acid groups is 1. The molecule has 0 saturated heterocycles. The zero-order chi connectivity index (χ0) is 41.4. The molecule has 0 aromatic rings. The van der Waals surface area contributed by atoms with Gasteiger partial charge in [-0.2, -0.15) is 0 Å². The highest BCUT2D eigenvalue weighted by Gasteiger charge is 2.27. The molecule has 0 aliphatic carbocycles. The van der Waals surface area contributed by atoms with Crippen LogP contribution in [0.15, 0.2) is 36.5 Å². The third kappa shape index (κ3) is 41.9. The Morgan fingerprint density at radius 1 is 0.554 bits per heavy atom. The summed E-state index contributed by atoms with van der Waals surface area (Å²) in [6.45, 7) is 4.37. The number of ether oxygens (including phenoxy) is 2. The molecule has 0 saturated carbocycles. The summed E-state index contributed by atoms with van der Waals surface area (Å²) in [5, 5.41) is 0. The van der Waals surface area contributed by atoms with E-state index in [0.29, 0.717) is 17.4 Å². The Hall–Kier alpha value is -1.77. The number of nitrogens with zero attached hydrogens (tertiary/aromatic N) is 1. The highest BCUT2D eigenvalue weighted by Crippen LogP contribution is 2.43. The van der Waals surface area contributed by atoms with Crippen LogP contribution in [-0.4, -0.2) is 74.9 Å². The molecule has 328 valence electrons. The van der Waals surface area contributed by atoms with Crippen molar-refractivity contribution in [1.29, 1.82) is 0 Å². The predicted molar refractivity (Wildman–Crippen MR) is 234 cm³/mol. The monoisotopic (exact) mass is 813 g/mol. The molecule has 0 aliphatic heterocycles. The van der Waals surface area contributed by atoms with Gasteiger partial charge < -0.3 is 18.9 Å². The van der Waals surface area contributed by atoms with Crippen molar-refractivity contribution >= 4 is 19.8 Å². The fraction of sp³-hybridized carbons (Fsp3) is 0.826. The lowest BCUT2D eigenvalue weighted by molar-refractivity contribution is -0.870. The number of esters is 2. The van der Waals surface area contributed by atoms with Crippen molar-refractivity contribution in [2.75, 3.05) is 47.5 Å². The second kappa shape index (κ2) is 38.7. The molecular weight excluding hydrogens is 725 g/mol. The van der Waals surface area contributed by atoms with Crippen LogP contribution in [0, 0.1) is 0 Å². The van der Waals surface area contributed by atoms with Crippen molar-refractivity contribution < 1.29 is 42.1 Å². The van der Waals surface area contributed by atoms with E-state index in [1.165, 1.54) is 116 Å². The van der Waals surface area contributed by atoms with Gasteiger partial charge in [-0.3, -0.25) is 18.6 Å². The molecule has 2 atom stereocenters. The van der Waals surface area contributed by atoms with E-state index in [-0.39, 0.29) is 32.0 Å². The summed E-state index contributed by atoms with van der Waals surface area (Å²) < 4.78 is 34.3. The van der Waals surface area contributed by atoms with E-state index < -0.39 is 26.5 Å². The fourth-order valence-corrected chi connectivity index (χ4v) is 6.83. The van der Waals surface area contributed by atoms with Gasteiger partial charge in [-0.25, -0.2) is 4.57 Å². The Kier molecular flexibility index (Phi) is 37.5. The lowest BCUT2D eigenvalue weighted by atomic mass is 10.0. The van der Waals surface area contributed by atoms with E-state index in [9.17, 15) is 19.0 Å². The summed E-state index contributed by atoms with van der Waals surface area (Å²) in [6.07, 6.45) is 43.4. The molecule has 0 radical (unpaired) electrons. The van der Waals surface area contributed by atoms with Gasteiger partial charge in [0.1, 0.15) is 19.8 Å². The summed E-state index contributed by atoms with van der Waals surface area (Å²) in [7, 11) is 1.45. The molecular formula is C46H87NO8P+. The minimum absolute atomic E-state index is 0.0235. The van der Waals surface area contributed by atoms with Crippen molar-refractivity contribution in [2.45, 2.75) is 200 Å². The lowest BCUT2D eigenvalue weighted by Crippen LogP contribution is -2.37. The molecule has 56 heavy (non-hydrogen) atoms. The van der Waals surface area contributed by atoms with Crippen LogP contribution < -0.4 is 0 Å². The maximum Gasteiger partial charge on any atom is 0.472 e. The second-order valence-electron chi connectivity index (χ2n) is 16.4. The summed E-state index contributed by atoms with van der Waals surface area (Å²) >= 11 is 0. The quantitative estimate of drug-likeness (QED) is 0.0214. The Bertz CT molecular complexity index is 1050. The van der Waals surface area contributed by atoms with Crippen molar-refractivity contribution in [3.05, 3.63) is 36.5 Å². The molecule has 0 heterocycles. The van der Waals surface area contributed by atoms with Gasteiger partial charge in [0.25, 0.3) is 0 Å². The van der Waals surface area contributed by atoms with Gasteiger partial charge in [0.15, 0.2) is 6.10 Å². The summed E-state index contributed by atoms with van der Waals surface area (Å²) in [6, 6.07) is 0. The zero-order valence-electron chi connectivity index (χ0n) is 36.9. The van der Waals surface area contributed by atoms with Gasteiger partial charge in [0.2, 0.25) is 0 Å². The van der Waals surface area contributed by atoms with E-state index in [4.69, 9.17) is 18.5 Å². The molecule has 0 bridgehead atoms. The number of carbonyl (C=O) groups is 2. The largest absolute Gasteiger partial charge is 0.472 e. The number of hydrogen-bond donors (Lipinski definition) is 1. The number of phosphoric ester groups is 1. The Morgan fingerprint density at radius 2 is 0.982 bits per heavy atom. The summed E-state index contributed by atoms with van der Waals surface area (Å²) in [4.78, 5) is 35.3. The van der Waals surface area contributed by atoms with Gasteiger partial charge in [-0.05, 0) is 44.9 Å². The summed E-state index contributed by atoms with van der Waals surface area (Å²) in [5.41, 5.74) is 0. The second-order valence-corrected chi connectivity index (χ2v) is 17.9. The highest BCUT2D eigenvalue weighted by molar-refractivity contribution is 7.47. The molecule has 0 fully saturated rings. The molecule has 0 amide bonds. The van der Waals surface area contributed by atoms with Crippen LogP contribution in [0.1, 0.15) is 194 Å². The van der Waals surface area contributed by atoms with Crippen LogP contribution in [0.4, 0.5) is 0 Å². The van der Waals surface area contributed by atoms with E-state index in [0.717, 1.165) is 44.9 Å². The lowest BCUT2D eigenvalue weighted by Gasteiger charge is -2.24. The Labute approximate surface area is 344 Å². The third-order valence-corrected chi connectivity index (χ3v) is 10.7. The summed E-state index contributed by atoms with van der Waals surface area (Å²) in [5.74, 6) is -0.854. The molecule has 0 aromatic heterocycles. The number of allylic oxidation sites excluding steroid dienone is 6. The van der Waals surface area contributed by atoms with Crippen LogP contribution in [0.25, 0.3) is 0 Å². The van der Waals surface area contributed by atoms with E-state index in [1.54, 1.807) is 0 Å². The third-order valence-electron chi connectivity index (χ3n) is 9.67. The smallest absolute Gasteiger partial charge is 0.462 e. The number of carbonyl (C=O) groups excluding carboxylic acids is 2. The first kappa shape index (κ1) is 54.2. The molecule has 2 unspecified atom stereocenters. The first-order valence-electron chi connectivity index (χ1n) is 22.7. The first-order chi connectivity index (χ1) is 27.0. The van der Waals surface area contributed by atoms with Gasteiger partial charge in [0.05, 0.1) is 27.7 Å².